The van der Waals surface area contributed by atoms with Crippen LogP contribution < -0.4 is 0 Å². The van der Waals surface area contributed by atoms with Gasteiger partial charge in [0.1, 0.15) is 7.05 Å². The van der Waals surface area contributed by atoms with Gasteiger partial charge in [-0.05, 0) is 0 Å². The van der Waals surface area contributed by atoms with Gasteiger partial charge in [-0.25, -0.2) is 0 Å². The van der Waals surface area contributed by atoms with Crippen LogP contribution in [-0.2, 0) is 0 Å². The van der Waals surface area contributed by atoms with Crippen molar-refractivity contribution >= 4 is 11.9 Å². The summed E-state index contributed by atoms with van der Waals surface area (Å²) in [6, 6.07) is 0. The van der Waals surface area contributed by atoms with Crippen molar-refractivity contribution < 1.29 is 4.05 Å². The molecule has 1 unspecified atom stereocenters. The maximum Gasteiger partial charge on any atom is 0.140 e. The van der Waals surface area contributed by atoms with Crippen LogP contribution in [-0.4, -0.2) is 16.3 Å². The van der Waals surface area contributed by atoms with Gasteiger partial charge in [0.25, 0.3) is 0 Å². The predicted molar refractivity (Wildman–Crippen MR) is 30.9 cm³/mol. The molecule has 3 heteroatoms. The molecule has 0 aromatic carbocycles. The summed E-state index contributed by atoms with van der Waals surface area (Å²) in [6.07, 6.45) is 1.03. The van der Waals surface area contributed by atoms with Crippen LogP contribution in [0.25, 0.3) is 0 Å². The summed E-state index contributed by atoms with van der Waals surface area (Å²) >= 11 is 1.37. The van der Waals surface area contributed by atoms with Gasteiger partial charge in [0.2, 0.25) is 0 Å². The summed E-state index contributed by atoms with van der Waals surface area (Å²) in [4.78, 5) is 0. The molecule has 0 bridgehead atoms. The van der Waals surface area contributed by atoms with Gasteiger partial charge in [-0.1, -0.05) is 0 Å². The van der Waals surface area contributed by atoms with Crippen LogP contribution in [0.4, 0.5) is 0 Å². The van der Waals surface area contributed by atoms with Crippen molar-refractivity contribution in [3.05, 3.63) is 12.3 Å². The van der Waals surface area contributed by atoms with E-state index in [0.717, 1.165) is 12.2 Å². The molecule has 1 aliphatic heterocycles. The molecule has 1 radical (unpaired) electrons. The normalized spacial score (nSPS) is 42.0. The zero-order valence-electron chi connectivity index (χ0n) is 4.09. The predicted octanol–water partition coefficient (Wildman–Crippen LogP) is 1.14. The lowest BCUT2D eigenvalue weighted by molar-refractivity contribution is -0.682. The van der Waals surface area contributed by atoms with Crippen LogP contribution in [0.1, 0.15) is 6.42 Å². The van der Waals surface area contributed by atoms with Gasteiger partial charge in [-0.3, -0.25) is 4.05 Å². The highest BCUT2D eigenvalue weighted by Crippen LogP contribution is 2.27. The molecule has 0 aliphatic carbocycles. The Morgan fingerprint density at radius 3 is 2.57 bits per heavy atom. The molecule has 2 nitrogen and oxygen atoms in total. The van der Waals surface area contributed by atoms with Gasteiger partial charge in [0.15, 0.2) is 0 Å². The van der Waals surface area contributed by atoms with Crippen molar-refractivity contribution in [2.75, 3.05) is 12.3 Å². The fourth-order valence-electron chi connectivity index (χ4n) is 0.601. The van der Waals surface area contributed by atoms with E-state index in [2.05, 4.69) is 7.05 Å². The lowest BCUT2D eigenvalue weighted by Crippen LogP contribution is -2.21. The first kappa shape index (κ1) is 5.41. The van der Waals surface area contributed by atoms with Crippen LogP contribution in [0.3, 0.4) is 0 Å². The molecular formula is C4H8NOS. The molecule has 1 heterocycles. The Bertz CT molecular complexity index is 66.1. The van der Waals surface area contributed by atoms with E-state index < -0.39 is 0 Å². The minimum Gasteiger partial charge on any atom is -0.620 e. The summed E-state index contributed by atoms with van der Waals surface area (Å²) in [5, 5.41) is 10.7. The molecule has 0 aromatic heterocycles. The largest absolute Gasteiger partial charge is 0.620 e. The van der Waals surface area contributed by atoms with Crippen LogP contribution in [0.15, 0.2) is 0 Å². The molecule has 1 fully saturated rings. The SMILES string of the molecule is [CH2][N+]1([O-])CCCS1. The number of rotatable bonds is 0. The van der Waals surface area contributed by atoms with E-state index in [-0.39, 0.29) is 4.05 Å². The summed E-state index contributed by atoms with van der Waals surface area (Å²) in [6.45, 7) is 0.685. The zero-order valence-corrected chi connectivity index (χ0v) is 4.91. The van der Waals surface area contributed by atoms with E-state index >= 15 is 0 Å². The van der Waals surface area contributed by atoms with Crippen LogP contribution in [0.5, 0.6) is 0 Å². The summed E-state index contributed by atoms with van der Waals surface area (Å²) < 4.78 is -0.333. The lowest BCUT2D eigenvalue weighted by Gasteiger charge is -2.28. The number of quaternary nitrogens is 1. The van der Waals surface area contributed by atoms with E-state index in [0.29, 0.717) is 6.54 Å². The van der Waals surface area contributed by atoms with Crippen molar-refractivity contribution in [3.8, 4) is 0 Å². The fourth-order valence-corrected chi connectivity index (χ4v) is 1.45. The van der Waals surface area contributed by atoms with E-state index in [1.54, 1.807) is 0 Å². The molecule has 41 valence electrons. The summed E-state index contributed by atoms with van der Waals surface area (Å²) in [7, 11) is 3.41. The van der Waals surface area contributed by atoms with E-state index in [4.69, 9.17) is 0 Å². The molecule has 1 saturated heterocycles. The van der Waals surface area contributed by atoms with Crippen LogP contribution in [0.2, 0.25) is 0 Å². The Balaban J connectivity index is 2.40. The van der Waals surface area contributed by atoms with E-state index in [1.165, 1.54) is 11.9 Å². The number of hydrogen-bond donors (Lipinski definition) is 0. The monoisotopic (exact) mass is 118 g/mol. The Morgan fingerprint density at radius 1 is 1.71 bits per heavy atom. The maximum absolute atomic E-state index is 10.7. The van der Waals surface area contributed by atoms with Gasteiger partial charge < -0.3 is 5.21 Å². The van der Waals surface area contributed by atoms with E-state index in [9.17, 15) is 5.21 Å². The van der Waals surface area contributed by atoms with Gasteiger partial charge in [0.05, 0.1) is 24.2 Å². The summed E-state index contributed by atoms with van der Waals surface area (Å²) in [5.74, 6) is 0.979. The van der Waals surface area contributed by atoms with Crippen molar-refractivity contribution in [1.29, 1.82) is 0 Å². The van der Waals surface area contributed by atoms with Gasteiger partial charge >= 0.3 is 0 Å². The highest BCUT2D eigenvalue weighted by atomic mass is 32.2. The zero-order chi connectivity index (χ0) is 5.33. The Hall–Kier alpha value is 0.270. The molecule has 0 N–H and O–H groups in total. The van der Waals surface area contributed by atoms with Crippen LogP contribution >= 0.6 is 11.9 Å². The highest BCUT2D eigenvalue weighted by Gasteiger charge is 2.18. The Kier molecular flexibility index (Phi) is 1.28. The first-order valence-corrected chi connectivity index (χ1v) is 3.23. The smallest absolute Gasteiger partial charge is 0.140 e. The molecule has 0 spiro atoms. The molecule has 7 heavy (non-hydrogen) atoms. The lowest BCUT2D eigenvalue weighted by atomic mass is 10.5. The number of nitrogens with zero attached hydrogens (tertiary/aromatic N) is 1. The number of hydrogen-bond acceptors (Lipinski definition) is 2. The quantitative estimate of drug-likeness (QED) is 0.270. The van der Waals surface area contributed by atoms with Crippen molar-refractivity contribution in [2.24, 2.45) is 0 Å². The molecule has 0 saturated carbocycles. The van der Waals surface area contributed by atoms with E-state index in [1.807, 2.05) is 0 Å². The molecule has 1 atom stereocenters. The second-order valence-electron chi connectivity index (χ2n) is 1.72. The second kappa shape index (κ2) is 1.65. The standard InChI is InChI=1S/C4H8NOS/c1-5(6)3-2-4-7-5/h1-4H2. The molecule has 0 amide bonds. The molecule has 1 rings (SSSR count). The van der Waals surface area contributed by atoms with Crippen molar-refractivity contribution in [1.82, 2.24) is 0 Å². The van der Waals surface area contributed by atoms with Crippen molar-refractivity contribution in [3.63, 3.8) is 0 Å². The fraction of sp³-hybridized carbons (Fsp3) is 0.750. The first-order chi connectivity index (χ1) is 3.21. The van der Waals surface area contributed by atoms with Gasteiger partial charge in [-0.15, -0.1) is 0 Å². The highest BCUT2D eigenvalue weighted by molar-refractivity contribution is 7.94. The van der Waals surface area contributed by atoms with Gasteiger partial charge in [0, 0.05) is 6.42 Å². The third-order valence-corrected chi connectivity index (χ3v) is 2.09. The Morgan fingerprint density at radius 2 is 2.43 bits per heavy atom. The topological polar surface area (TPSA) is 23.1 Å². The third-order valence-electron chi connectivity index (χ3n) is 0.970. The first-order valence-electron chi connectivity index (χ1n) is 2.29. The van der Waals surface area contributed by atoms with Crippen molar-refractivity contribution in [2.45, 2.75) is 6.42 Å². The third kappa shape index (κ3) is 1.33. The molecule has 0 aromatic rings. The maximum atomic E-state index is 10.7. The number of hydroxylamine groups is 2. The minimum atomic E-state index is -0.333. The second-order valence-corrected chi connectivity index (χ2v) is 3.06. The van der Waals surface area contributed by atoms with Crippen LogP contribution in [0, 0.1) is 12.3 Å². The molecule has 1 aliphatic rings. The minimum absolute atomic E-state index is 0.333. The van der Waals surface area contributed by atoms with Gasteiger partial charge in [-0.2, -0.15) is 0 Å². The summed E-state index contributed by atoms with van der Waals surface area (Å²) in [5.41, 5.74) is 0. The average Bonchev–Trinajstić information content (AvgIpc) is 1.84. The Labute approximate surface area is 47.8 Å². The average molecular weight is 118 g/mol. The molecular weight excluding hydrogens is 110 g/mol.